The number of nitrogens with two attached hydrogens (primary N) is 1. The van der Waals surface area contributed by atoms with Gasteiger partial charge in [-0.15, -0.1) is 0 Å². The summed E-state index contributed by atoms with van der Waals surface area (Å²) in [5.41, 5.74) is 6.85. The molecule has 1 aliphatic rings. The van der Waals surface area contributed by atoms with Crippen LogP contribution in [0.15, 0.2) is 0 Å². The Morgan fingerprint density at radius 3 is 2.57 bits per heavy atom. The van der Waals surface area contributed by atoms with Gasteiger partial charge in [0.1, 0.15) is 6.54 Å². The number of piperidine rings is 1. The molecule has 2 N–H and O–H groups in total. The highest BCUT2D eigenvalue weighted by Gasteiger charge is 2.31. The van der Waals surface area contributed by atoms with Crippen molar-refractivity contribution < 1.29 is 9.59 Å². The molecule has 1 fully saturated rings. The van der Waals surface area contributed by atoms with Crippen LogP contribution in [0.3, 0.4) is 0 Å². The summed E-state index contributed by atoms with van der Waals surface area (Å²) in [6.45, 7) is 6.16. The van der Waals surface area contributed by atoms with Gasteiger partial charge in [0.2, 0.25) is 11.8 Å². The molecule has 6 nitrogen and oxygen atoms in total. The summed E-state index contributed by atoms with van der Waals surface area (Å²) in [4.78, 5) is 25.6. The number of amides is 2. The van der Waals surface area contributed by atoms with Crippen LogP contribution in [-0.2, 0) is 16.1 Å². The molecule has 1 aromatic rings. The van der Waals surface area contributed by atoms with E-state index in [4.69, 9.17) is 17.3 Å². The normalized spacial score (nSPS) is 22.4. The van der Waals surface area contributed by atoms with Crippen molar-refractivity contribution >= 4 is 23.4 Å². The molecule has 2 heterocycles. The number of hydrogen-bond donors (Lipinski definition) is 1. The lowest BCUT2D eigenvalue weighted by atomic mass is 9.93. The van der Waals surface area contributed by atoms with Gasteiger partial charge in [0.25, 0.3) is 0 Å². The SMILES string of the molecule is Cc1nn(CC(=O)N2CC(C(N)=O)CCC2C)c(C)c1Cl. The third kappa shape index (κ3) is 3.20. The first-order chi connectivity index (χ1) is 9.81. The van der Waals surface area contributed by atoms with Crippen molar-refractivity contribution in [3.8, 4) is 0 Å². The van der Waals surface area contributed by atoms with Crippen molar-refractivity contribution in [3.63, 3.8) is 0 Å². The van der Waals surface area contributed by atoms with E-state index in [9.17, 15) is 9.59 Å². The number of primary amides is 1. The van der Waals surface area contributed by atoms with Crippen LogP contribution in [0.25, 0.3) is 0 Å². The summed E-state index contributed by atoms with van der Waals surface area (Å²) in [6, 6.07) is 0.112. The second-order valence-corrected chi connectivity index (χ2v) is 6.09. The number of halogens is 1. The molecule has 2 unspecified atom stereocenters. The van der Waals surface area contributed by atoms with Gasteiger partial charge in [0, 0.05) is 12.6 Å². The molecule has 0 spiro atoms. The second-order valence-electron chi connectivity index (χ2n) is 5.71. The molecular formula is C14H21ClN4O2. The minimum Gasteiger partial charge on any atom is -0.369 e. The summed E-state index contributed by atoms with van der Waals surface area (Å²) in [7, 11) is 0. The van der Waals surface area contributed by atoms with Crippen LogP contribution in [0.1, 0.15) is 31.2 Å². The molecule has 1 saturated heterocycles. The Bertz CT molecular complexity index is 570. The quantitative estimate of drug-likeness (QED) is 0.912. The smallest absolute Gasteiger partial charge is 0.244 e. The zero-order valence-corrected chi connectivity index (χ0v) is 13.4. The Morgan fingerprint density at radius 1 is 1.38 bits per heavy atom. The van der Waals surface area contributed by atoms with Crippen LogP contribution in [0, 0.1) is 19.8 Å². The van der Waals surface area contributed by atoms with E-state index in [-0.39, 0.29) is 30.3 Å². The molecule has 0 saturated carbocycles. The number of likely N-dealkylation sites (tertiary alicyclic amines) is 1. The highest BCUT2D eigenvalue weighted by molar-refractivity contribution is 6.31. The molecule has 0 aromatic carbocycles. The van der Waals surface area contributed by atoms with E-state index in [1.165, 1.54) is 0 Å². The first kappa shape index (κ1) is 15.8. The molecule has 7 heteroatoms. The Morgan fingerprint density at radius 2 is 2.05 bits per heavy atom. The van der Waals surface area contributed by atoms with Gasteiger partial charge in [-0.2, -0.15) is 5.10 Å². The number of carbonyl (C=O) groups excluding carboxylic acids is 2. The maximum absolute atomic E-state index is 12.5. The third-order valence-electron chi connectivity index (χ3n) is 4.18. The van der Waals surface area contributed by atoms with Crippen LogP contribution >= 0.6 is 11.6 Å². The lowest BCUT2D eigenvalue weighted by molar-refractivity contribution is -0.138. The van der Waals surface area contributed by atoms with Gasteiger partial charge < -0.3 is 10.6 Å². The largest absolute Gasteiger partial charge is 0.369 e. The summed E-state index contributed by atoms with van der Waals surface area (Å²) >= 11 is 6.09. The van der Waals surface area contributed by atoms with Crippen LogP contribution < -0.4 is 5.73 Å². The predicted octanol–water partition coefficient (Wildman–Crippen LogP) is 1.27. The molecular weight excluding hydrogens is 292 g/mol. The standard InChI is InChI=1S/C14H21ClN4O2/c1-8-4-5-11(14(16)21)6-18(8)12(20)7-19-10(3)13(15)9(2)17-19/h8,11H,4-7H2,1-3H3,(H2,16,21). The zero-order valence-electron chi connectivity index (χ0n) is 12.6. The molecule has 2 amide bonds. The number of rotatable bonds is 3. The fourth-order valence-corrected chi connectivity index (χ4v) is 2.87. The summed E-state index contributed by atoms with van der Waals surface area (Å²) < 4.78 is 1.61. The molecule has 0 aliphatic carbocycles. The van der Waals surface area contributed by atoms with E-state index in [1.54, 1.807) is 9.58 Å². The van der Waals surface area contributed by atoms with Crippen molar-refractivity contribution in [2.45, 2.75) is 46.2 Å². The fraction of sp³-hybridized carbons (Fsp3) is 0.643. The van der Waals surface area contributed by atoms with Crippen LogP contribution in [0.2, 0.25) is 5.02 Å². The van der Waals surface area contributed by atoms with Gasteiger partial charge >= 0.3 is 0 Å². The molecule has 0 radical (unpaired) electrons. The van der Waals surface area contributed by atoms with Crippen molar-refractivity contribution in [3.05, 3.63) is 16.4 Å². The van der Waals surface area contributed by atoms with E-state index in [2.05, 4.69) is 5.10 Å². The average molecular weight is 313 g/mol. The molecule has 2 rings (SSSR count). The van der Waals surface area contributed by atoms with E-state index in [0.29, 0.717) is 17.3 Å². The number of nitrogens with zero attached hydrogens (tertiary/aromatic N) is 3. The third-order valence-corrected chi connectivity index (χ3v) is 4.73. The van der Waals surface area contributed by atoms with Gasteiger partial charge in [-0.05, 0) is 33.6 Å². The van der Waals surface area contributed by atoms with E-state index in [0.717, 1.165) is 18.5 Å². The fourth-order valence-electron chi connectivity index (χ4n) is 2.73. The molecule has 0 bridgehead atoms. The number of aromatic nitrogens is 2. The Balaban J connectivity index is 2.11. The summed E-state index contributed by atoms with van der Waals surface area (Å²) in [5.74, 6) is -0.654. The van der Waals surface area contributed by atoms with Crippen molar-refractivity contribution in [2.24, 2.45) is 11.7 Å². The van der Waals surface area contributed by atoms with E-state index in [1.807, 2.05) is 20.8 Å². The zero-order chi connectivity index (χ0) is 15.7. The van der Waals surface area contributed by atoms with E-state index >= 15 is 0 Å². The van der Waals surface area contributed by atoms with E-state index < -0.39 is 0 Å². The minimum atomic E-state index is -0.339. The molecule has 2 atom stereocenters. The number of aryl methyl sites for hydroxylation is 1. The lowest BCUT2D eigenvalue weighted by Crippen LogP contribution is -2.49. The van der Waals surface area contributed by atoms with Crippen LogP contribution in [0.5, 0.6) is 0 Å². The Kier molecular flexibility index (Phi) is 4.56. The minimum absolute atomic E-state index is 0.0595. The number of hydrogen-bond acceptors (Lipinski definition) is 3. The van der Waals surface area contributed by atoms with Crippen molar-refractivity contribution in [2.75, 3.05) is 6.54 Å². The maximum atomic E-state index is 12.5. The molecule has 1 aromatic heterocycles. The van der Waals surface area contributed by atoms with Gasteiger partial charge in [0.15, 0.2) is 0 Å². The predicted molar refractivity (Wildman–Crippen MR) is 79.8 cm³/mol. The van der Waals surface area contributed by atoms with Crippen molar-refractivity contribution in [1.29, 1.82) is 0 Å². The first-order valence-electron chi connectivity index (χ1n) is 7.09. The first-order valence-corrected chi connectivity index (χ1v) is 7.47. The summed E-state index contributed by atoms with van der Waals surface area (Å²) in [5, 5.41) is 4.86. The van der Waals surface area contributed by atoms with Crippen molar-refractivity contribution in [1.82, 2.24) is 14.7 Å². The van der Waals surface area contributed by atoms with Gasteiger partial charge in [-0.1, -0.05) is 11.6 Å². The molecule has 1 aliphatic heterocycles. The average Bonchev–Trinajstić information content (AvgIpc) is 2.66. The molecule has 21 heavy (non-hydrogen) atoms. The number of carbonyl (C=O) groups is 2. The van der Waals surface area contributed by atoms with Gasteiger partial charge in [-0.25, -0.2) is 0 Å². The highest BCUT2D eigenvalue weighted by atomic mass is 35.5. The van der Waals surface area contributed by atoms with Crippen LogP contribution in [-0.4, -0.2) is 39.1 Å². The maximum Gasteiger partial charge on any atom is 0.244 e. The lowest BCUT2D eigenvalue weighted by Gasteiger charge is -2.37. The topological polar surface area (TPSA) is 81.2 Å². The Labute approximate surface area is 129 Å². The monoisotopic (exact) mass is 312 g/mol. The summed E-state index contributed by atoms with van der Waals surface area (Å²) in [6.07, 6.45) is 1.53. The second kappa shape index (κ2) is 6.05. The Hall–Kier alpha value is -1.56. The van der Waals surface area contributed by atoms with Crippen LogP contribution in [0.4, 0.5) is 0 Å². The highest BCUT2D eigenvalue weighted by Crippen LogP contribution is 2.23. The van der Waals surface area contributed by atoms with Gasteiger partial charge in [0.05, 0.1) is 22.3 Å². The molecule has 116 valence electrons. The van der Waals surface area contributed by atoms with Gasteiger partial charge in [-0.3, -0.25) is 14.3 Å².